The summed E-state index contributed by atoms with van der Waals surface area (Å²) in [6.45, 7) is 1.75. The maximum atomic E-state index is 10.8. The van der Waals surface area contributed by atoms with Gasteiger partial charge >= 0.3 is 0 Å². The van der Waals surface area contributed by atoms with Crippen LogP contribution in [0.25, 0.3) is 0 Å². The van der Waals surface area contributed by atoms with E-state index in [1.807, 2.05) is 5.43 Å². The number of hydrazine groups is 1. The number of hydrogen-bond acceptors (Lipinski definition) is 4. The Hall–Kier alpha value is -0.650. The average Bonchev–Trinajstić information content (AvgIpc) is 2.15. The highest BCUT2D eigenvalue weighted by atomic mass is 16.3. The van der Waals surface area contributed by atoms with Crippen LogP contribution >= 0.6 is 0 Å². The normalized spacial score (nSPS) is 14.9. The molecule has 0 saturated carbocycles. The van der Waals surface area contributed by atoms with Gasteiger partial charge in [0, 0.05) is 0 Å². The van der Waals surface area contributed by atoms with Gasteiger partial charge in [0.05, 0.1) is 6.10 Å². The minimum atomic E-state index is -1.01. The molecule has 5 heteroatoms. The molecule has 1 unspecified atom stereocenters. The SMILES string of the molecule is CC(O)CCCCC[C@@H](O)C(=O)NN. The maximum Gasteiger partial charge on any atom is 0.262 e. The first-order valence-electron chi connectivity index (χ1n) is 4.94. The summed E-state index contributed by atoms with van der Waals surface area (Å²) >= 11 is 0. The third-order valence-electron chi connectivity index (χ3n) is 2.04. The van der Waals surface area contributed by atoms with Crippen molar-refractivity contribution in [2.75, 3.05) is 0 Å². The van der Waals surface area contributed by atoms with E-state index < -0.39 is 12.0 Å². The van der Waals surface area contributed by atoms with Crippen LogP contribution < -0.4 is 11.3 Å². The van der Waals surface area contributed by atoms with Crippen molar-refractivity contribution in [1.82, 2.24) is 5.43 Å². The van der Waals surface area contributed by atoms with Crippen LogP contribution in [-0.2, 0) is 4.79 Å². The third kappa shape index (κ3) is 6.82. The van der Waals surface area contributed by atoms with Crippen molar-refractivity contribution < 1.29 is 15.0 Å². The molecule has 84 valence electrons. The van der Waals surface area contributed by atoms with Gasteiger partial charge in [-0.1, -0.05) is 19.3 Å². The molecular weight excluding hydrogens is 184 g/mol. The van der Waals surface area contributed by atoms with Gasteiger partial charge in [-0.05, 0) is 19.8 Å². The predicted octanol–water partition coefficient (Wildman–Crippen LogP) is -0.331. The van der Waals surface area contributed by atoms with E-state index in [2.05, 4.69) is 0 Å². The molecule has 0 heterocycles. The molecule has 0 aliphatic heterocycles. The summed E-state index contributed by atoms with van der Waals surface area (Å²) in [7, 11) is 0. The van der Waals surface area contributed by atoms with Gasteiger partial charge in [-0.3, -0.25) is 10.2 Å². The fourth-order valence-electron chi connectivity index (χ4n) is 1.18. The second kappa shape index (κ2) is 7.73. The first-order chi connectivity index (χ1) is 6.57. The highest BCUT2D eigenvalue weighted by Gasteiger charge is 2.12. The van der Waals surface area contributed by atoms with Crippen LogP contribution in [0.2, 0.25) is 0 Å². The van der Waals surface area contributed by atoms with Gasteiger partial charge in [-0.15, -0.1) is 0 Å². The molecule has 0 bridgehead atoms. The Morgan fingerprint density at radius 3 is 2.36 bits per heavy atom. The molecule has 14 heavy (non-hydrogen) atoms. The Morgan fingerprint density at radius 2 is 1.86 bits per heavy atom. The summed E-state index contributed by atoms with van der Waals surface area (Å²) < 4.78 is 0. The Labute approximate surface area is 84.3 Å². The van der Waals surface area contributed by atoms with E-state index >= 15 is 0 Å². The van der Waals surface area contributed by atoms with Crippen molar-refractivity contribution >= 4 is 5.91 Å². The third-order valence-corrected chi connectivity index (χ3v) is 2.04. The lowest BCUT2D eigenvalue weighted by atomic mass is 10.1. The number of aliphatic hydroxyl groups is 2. The fraction of sp³-hybridized carbons (Fsp3) is 0.889. The van der Waals surface area contributed by atoms with E-state index in [9.17, 15) is 9.90 Å². The van der Waals surface area contributed by atoms with Crippen LogP contribution in [0.15, 0.2) is 0 Å². The molecular formula is C9H20N2O3. The van der Waals surface area contributed by atoms with Crippen molar-refractivity contribution in [3.8, 4) is 0 Å². The molecule has 0 aliphatic carbocycles. The van der Waals surface area contributed by atoms with Crippen LogP contribution in [0.5, 0.6) is 0 Å². The second-order valence-corrected chi connectivity index (χ2v) is 3.51. The Bertz CT molecular complexity index is 162. The van der Waals surface area contributed by atoms with Crippen molar-refractivity contribution in [1.29, 1.82) is 0 Å². The molecule has 5 N–H and O–H groups in total. The second-order valence-electron chi connectivity index (χ2n) is 3.51. The lowest BCUT2D eigenvalue weighted by Crippen LogP contribution is -2.38. The molecule has 0 fully saturated rings. The number of amides is 1. The number of aliphatic hydroxyl groups excluding tert-OH is 2. The van der Waals surface area contributed by atoms with Gasteiger partial charge in [0.25, 0.3) is 5.91 Å². The molecule has 0 saturated heterocycles. The van der Waals surface area contributed by atoms with E-state index in [-0.39, 0.29) is 6.10 Å². The topological polar surface area (TPSA) is 95.6 Å². The zero-order valence-electron chi connectivity index (χ0n) is 8.57. The van der Waals surface area contributed by atoms with Crippen molar-refractivity contribution in [3.05, 3.63) is 0 Å². The Morgan fingerprint density at radius 1 is 1.29 bits per heavy atom. The number of rotatable bonds is 7. The van der Waals surface area contributed by atoms with Gasteiger partial charge in [0.15, 0.2) is 0 Å². The van der Waals surface area contributed by atoms with Crippen LogP contribution in [0, 0.1) is 0 Å². The minimum absolute atomic E-state index is 0.271. The van der Waals surface area contributed by atoms with Crippen LogP contribution in [-0.4, -0.2) is 28.3 Å². The van der Waals surface area contributed by atoms with Crippen LogP contribution in [0.3, 0.4) is 0 Å². The number of carbonyl (C=O) groups is 1. The van der Waals surface area contributed by atoms with Gasteiger partial charge in [0.1, 0.15) is 6.10 Å². The molecule has 0 rings (SSSR count). The highest BCUT2D eigenvalue weighted by molar-refractivity contribution is 5.79. The number of unbranched alkanes of at least 4 members (excludes halogenated alkanes) is 2. The smallest absolute Gasteiger partial charge is 0.262 e. The molecule has 0 aliphatic rings. The molecule has 1 amide bonds. The average molecular weight is 204 g/mol. The summed E-state index contributed by atoms with van der Waals surface area (Å²) in [5.41, 5.74) is 1.89. The Balaban J connectivity index is 3.31. The largest absolute Gasteiger partial charge is 0.393 e. The molecule has 5 nitrogen and oxygen atoms in total. The summed E-state index contributed by atoms with van der Waals surface area (Å²) in [4.78, 5) is 10.8. The molecule has 0 radical (unpaired) electrons. The van der Waals surface area contributed by atoms with E-state index in [1.165, 1.54) is 0 Å². The van der Waals surface area contributed by atoms with E-state index in [1.54, 1.807) is 6.92 Å². The molecule has 2 atom stereocenters. The summed E-state index contributed by atoms with van der Waals surface area (Å²) in [5.74, 6) is 4.31. The van der Waals surface area contributed by atoms with Crippen molar-refractivity contribution in [2.24, 2.45) is 5.84 Å². The van der Waals surface area contributed by atoms with E-state index in [4.69, 9.17) is 10.9 Å². The zero-order chi connectivity index (χ0) is 11.0. The summed E-state index contributed by atoms with van der Waals surface area (Å²) in [6, 6.07) is 0. The number of nitrogens with two attached hydrogens (primary N) is 1. The van der Waals surface area contributed by atoms with Crippen LogP contribution in [0.1, 0.15) is 39.0 Å². The Kier molecular flexibility index (Phi) is 7.37. The van der Waals surface area contributed by atoms with Crippen molar-refractivity contribution in [3.63, 3.8) is 0 Å². The number of carbonyl (C=O) groups excluding carboxylic acids is 1. The van der Waals surface area contributed by atoms with Gasteiger partial charge < -0.3 is 10.2 Å². The highest BCUT2D eigenvalue weighted by Crippen LogP contribution is 2.07. The van der Waals surface area contributed by atoms with Crippen molar-refractivity contribution in [2.45, 2.75) is 51.2 Å². The van der Waals surface area contributed by atoms with Gasteiger partial charge in [-0.2, -0.15) is 0 Å². The first kappa shape index (κ1) is 13.4. The van der Waals surface area contributed by atoms with Gasteiger partial charge in [-0.25, -0.2) is 5.84 Å². The quantitative estimate of drug-likeness (QED) is 0.197. The maximum absolute atomic E-state index is 10.8. The van der Waals surface area contributed by atoms with E-state index in [0.717, 1.165) is 25.7 Å². The number of hydrogen-bond donors (Lipinski definition) is 4. The van der Waals surface area contributed by atoms with Crippen LogP contribution in [0.4, 0.5) is 0 Å². The molecule has 0 aromatic rings. The lowest BCUT2D eigenvalue weighted by Gasteiger charge is -2.08. The van der Waals surface area contributed by atoms with Gasteiger partial charge in [0.2, 0.25) is 0 Å². The standard InChI is InChI=1S/C9H20N2O3/c1-7(12)5-3-2-4-6-8(13)9(14)11-10/h7-8,12-13H,2-6,10H2,1H3,(H,11,14)/t7?,8-/m1/s1. The fourth-order valence-corrected chi connectivity index (χ4v) is 1.18. The molecule has 0 aromatic heterocycles. The molecule has 0 spiro atoms. The monoisotopic (exact) mass is 204 g/mol. The first-order valence-corrected chi connectivity index (χ1v) is 4.94. The lowest BCUT2D eigenvalue weighted by molar-refractivity contribution is -0.129. The summed E-state index contributed by atoms with van der Waals surface area (Å²) in [6.07, 6.45) is 2.48. The number of nitrogens with one attached hydrogen (secondary N) is 1. The molecule has 0 aromatic carbocycles. The van der Waals surface area contributed by atoms with E-state index in [0.29, 0.717) is 6.42 Å². The summed E-state index contributed by atoms with van der Waals surface area (Å²) in [5, 5.41) is 18.1. The predicted molar refractivity (Wildman–Crippen MR) is 53.1 cm³/mol. The minimum Gasteiger partial charge on any atom is -0.393 e. The zero-order valence-corrected chi connectivity index (χ0v) is 8.57.